The van der Waals surface area contributed by atoms with Gasteiger partial charge in [-0.2, -0.15) is 5.10 Å². The maximum Gasteiger partial charge on any atom is 0.165 e. The minimum Gasteiger partial charge on any atom is -0.384 e. The average molecular weight is 238 g/mol. The van der Waals surface area contributed by atoms with Gasteiger partial charge in [-0.25, -0.2) is 14.6 Å². The normalized spacial score (nSPS) is 10.4. The fraction of sp³-hybridized carbons (Fsp3) is 0. The van der Waals surface area contributed by atoms with Crippen LogP contribution in [0.3, 0.4) is 0 Å². The highest BCUT2D eigenvalue weighted by molar-refractivity contribution is 5.57. The third-order valence-corrected chi connectivity index (χ3v) is 2.39. The van der Waals surface area contributed by atoms with E-state index in [2.05, 4.69) is 20.1 Å². The number of hydrogen-bond donors (Lipinski definition) is 1. The van der Waals surface area contributed by atoms with Crippen LogP contribution in [-0.4, -0.2) is 24.7 Å². The van der Waals surface area contributed by atoms with E-state index in [1.807, 2.05) is 18.2 Å². The van der Waals surface area contributed by atoms with E-state index >= 15 is 0 Å². The molecular weight excluding hydrogens is 228 g/mol. The lowest BCUT2D eigenvalue weighted by Gasteiger charge is -2.05. The number of aromatic nitrogens is 5. The van der Waals surface area contributed by atoms with Gasteiger partial charge in [0.1, 0.15) is 5.82 Å². The number of pyridine rings is 1. The Morgan fingerprint density at radius 3 is 2.78 bits per heavy atom. The van der Waals surface area contributed by atoms with Crippen LogP contribution in [0.2, 0.25) is 0 Å². The first-order valence-corrected chi connectivity index (χ1v) is 5.38. The topological polar surface area (TPSA) is 82.5 Å². The van der Waals surface area contributed by atoms with Crippen molar-refractivity contribution in [2.45, 2.75) is 0 Å². The number of nitrogens with two attached hydrogens (primary N) is 1. The summed E-state index contributed by atoms with van der Waals surface area (Å²) in [5.41, 5.74) is 6.61. The lowest BCUT2D eigenvalue weighted by atomic mass is 10.2. The summed E-state index contributed by atoms with van der Waals surface area (Å²) in [6.45, 7) is 0. The molecule has 6 nitrogen and oxygen atoms in total. The lowest BCUT2D eigenvalue weighted by molar-refractivity contribution is 0.843. The average Bonchev–Trinajstić information content (AvgIpc) is 2.93. The van der Waals surface area contributed by atoms with E-state index in [4.69, 9.17) is 5.73 Å². The van der Waals surface area contributed by atoms with Gasteiger partial charge in [0.05, 0.1) is 0 Å². The van der Waals surface area contributed by atoms with Gasteiger partial charge < -0.3 is 5.73 Å². The van der Waals surface area contributed by atoms with Crippen LogP contribution < -0.4 is 5.73 Å². The summed E-state index contributed by atoms with van der Waals surface area (Å²) in [4.78, 5) is 12.7. The number of hydrogen-bond acceptors (Lipinski definition) is 5. The zero-order chi connectivity index (χ0) is 12.4. The van der Waals surface area contributed by atoms with E-state index < -0.39 is 0 Å². The molecule has 0 saturated heterocycles. The quantitative estimate of drug-likeness (QED) is 0.727. The predicted molar refractivity (Wildman–Crippen MR) is 66.8 cm³/mol. The smallest absolute Gasteiger partial charge is 0.165 e. The Balaban J connectivity index is 2.12. The fourth-order valence-electron chi connectivity index (χ4n) is 1.60. The van der Waals surface area contributed by atoms with Crippen molar-refractivity contribution in [3.63, 3.8) is 0 Å². The van der Waals surface area contributed by atoms with Crippen LogP contribution in [0.25, 0.3) is 17.2 Å². The molecule has 3 aromatic heterocycles. The third kappa shape index (κ3) is 1.91. The fourth-order valence-corrected chi connectivity index (χ4v) is 1.60. The van der Waals surface area contributed by atoms with Gasteiger partial charge >= 0.3 is 0 Å². The Hall–Kier alpha value is -2.76. The van der Waals surface area contributed by atoms with Crippen molar-refractivity contribution in [1.82, 2.24) is 24.7 Å². The summed E-state index contributed by atoms with van der Waals surface area (Å²) in [6.07, 6.45) is 6.88. The SMILES string of the molecule is Nc1cc(-n2cccn2)nc(-c2cccnc2)n1. The maximum absolute atomic E-state index is 5.79. The molecule has 0 saturated carbocycles. The number of nitrogens with zero attached hydrogens (tertiary/aromatic N) is 5. The van der Waals surface area contributed by atoms with Crippen molar-refractivity contribution in [2.75, 3.05) is 5.73 Å². The molecule has 2 N–H and O–H groups in total. The Morgan fingerprint density at radius 2 is 2.06 bits per heavy atom. The summed E-state index contributed by atoms with van der Waals surface area (Å²) in [6, 6.07) is 7.21. The summed E-state index contributed by atoms with van der Waals surface area (Å²) < 4.78 is 1.64. The van der Waals surface area contributed by atoms with E-state index in [-0.39, 0.29) is 0 Å². The van der Waals surface area contributed by atoms with Crippen LogP contribution in [0.15, 0.2) is 49.1 Å². The second kappa shape index (κ2) is 4.25. The number of anilines is 1. The lowest BCUT2D eigenvalue weighted by Crippen LogP contribution is -2.03. The van der Waals surface area contributed by atoms with Gasteiger partial charge in [-0.15, -0.1) is 0 Å². The predicted octanol–water partition coefficient (Wildman–Crippen LogP) is 1.31. The highest BCUT2D eigenvalue weighted by Crippen LogP contribution is 2.16. The van der Waals surface area contributed by atoms with Crippen LogP contribution >= 0.6 is 0 Å². The molecule has 3 heterocycles. The summed E-state index contributed by atoms with van der Waals surface area (Å²) in [7, 11) is 0. The number of rotatable bonds is 2. The molecule has 0 fully saturated rings. The molecule has 0 aliphatic carbocycles. The molecule has 0 aromatic carbocycles. The largest absolute Gasteiger partial charge is 0.384 e. The molecule has 0 amide bonds. The van der Waals surface area contributed by atoms with Gasteiger partial charge in [-0.3, -0.25) is 4.98 Å². The van der Waals surface area contributed by atoms with Crippen LogP contribution in [0, 0.1) is 0 Å². The Kier molecular flexibility index (Phi) is 2.45. The molecule has 0 radical (unpaired) electrons. The molecule has 18 heavy (non-hydrogen) atoms. The van der Waals surface area contributed by atoms with E-state index in [1.54, 1.807) is 35.5 Å². The minimum atomic E-state index is 0.398. The molecule has 3 rings (SSSR count). The standard InChI is InChI=1S/C12H10N6/c13-10-7-11(18-6-2-5-15-18)17-12(16-10)9-3-1-4-14-8-9/h1-8H,(H2,13,16,17). The first-order valence-electron chi connectivity index (χ1n) is 5.38. The highest BCUT2D eigenvalue weighted by atomic mass is 15.3. The first-order chi connectivity index (χ1) is 8.83. The van der Waals surface area contributed by atoms with Crippen molar-refractivity contribution in [2.24, 2.45) is 0 Å². The monoisotopic (exact) mass is 238 g/mol. The molecule has 6 heteroatoms. The second-order valence-electron chi connectivity index (χ2n) is 3.67. The van der Waals surface area contributed by atoms with E-state index in [0.717, 1.165) is 5.56 Å². The van der Waals surface area contributed by atoms with Gasteiger partial charge in [-0.05, 0) is 18.2 Å². The molecule has 0 unspecified atom stereocenters. The Labute approximate surface area is 103 Å². The molecule has 0 atom stereocenters. The summed E-state index contributed by atoms with van der Waals surface area (Å²) in [5.74, 6) is 1.56. The molecule has 88 valence electrons. The van der Waals surface area contributed by atoms with E-state index in [1.165, 1.54) is 0 Å². The van der Waals surface area contributed by atoms with E-state index in [9.17, 15) is 0 Å². The molecular formula is C12H10N6. The Bertz CT molecular complexity index is 648. The summed E-state index contributed by atoms with van der Waals surface area (Å²) >= 11 is 0. The van der Waals surface area contributed by atoms with Crippen LogP contribution in [-0.2, 0) is 0 Å². The van der Waals surface area contributed by atoms with Crippen LogP contribution in [0.1, 0.15) is 0 Å². The summed E-state index contributed by atoms with van der Waals surface area (Å²) in [5, 5.41) is 4.12. The van der Waals surface area contributed by atoms with Crippen molar-refractivity contribution < 1.29 is 0 Å². The first kappa shape index (κ1) is 10.4. The molecule has 0 spiro atoms. The van der Waals surface area contributed by atoms with Crippen molar-refractivity contribution >= 4 is 5.82 Å². The highest BCUT2D eigenvalue weighted by Gasteiger charge is 2.06. The van der Waals surface area contributed by atoms with Crippen LogP contribution in [0.5, 0.6) is 0 Å². The minimum absolute atomic E-state index is 0.398. The Morgan fingerprint density at radius 1 is 1.11 bits per heavy atom. The zero-order valence-electron chi connectivity index (χ0n) is 9.43. The van der Waals surface area contributed by atoms with Crippen molar-refractivity contribution in [1.29, 1.82) is 0 Å². The van der Waals surface area contributed by atoms with Gasteiger partial charge in [0.25, 0.3) is 0 Å². The second-order valence-corrected chi connectivity index (χ2v) is 3.67. The maximum atomic E-state index is 5.79. The van der Waals surface area contributed by atoms with Gasteiger partial charge in [0.15, 0.2) is 11.6 Å². The number of nitrogen functional groups attached to an aromatic ring is 1. The van der Waals surface area contributed by atoms with E-state index in [0.29, 0.717) is 17.5 Å². The molecule has 3 aromatic rings. The zero-order valence-corrected chi connectivity index (χ0v) is 9.43. The van der Waals surface area contributed by atoms with Gasteiger partial charge in [-0.1, -0.05) is 0 Å². The third-order valence-electron chi connectivity index (χ3n) is 2.39. The van der Waals surface area contributed by atoms with Gasteiger partial charge in [0.2, 0.25) is 0 Å². The van der Waals surface area contributed by atoms with Crippen LogP contribution in [0.4, 0.5) is 5.82 Å². The molecule has 0 bridgehead atoms. The van der Waals surface area contributed by atoms with Crippen molar-refractivity contribution in [3.8, 4) is 17.2 Å². The van der Waals surface area contributed by atoms with Gasteiger partial charge in [0, 0.05) is 36.4 Å². The van der Waals surface area contributed by atoms with Crippen molar-refractivity contribution in [3.05, 3.63) is 49.1 Å². The molecule has 0 aliphatic heterocycles. The molecule has 0 aliphatic rings.